The van der Waals surface area contributed by atoms with Gasteiger partial charge >= 0.3 is 0 Å². The van der Waals surface area contributed by atoms with Gasteiger partial charge in [0, 0.05) is 46.4 Å². The average Bonchev–Trinajstić information content (AvgIpc) is 3.70. The van der Waals surface area contributed by atoms with Crippen molar-refractivity contribution in [3.63, 3.8) is 0 Å². The van der Waals surface area contributed by atoms with Crippen LogP contribution in [0.3, 0.4) is 0 Å². The van der Waals surface area contributed by atoms with Crippen molar-refractivity contribution in [1.82, 2.24) is 29.5 Å². The van der Waals surface area contributed by atoms with Crippen LogP contribution in [0.5, 0.6) is 0 Å². The predicted molar refractivity (Wildman–Crippen MR) is 154 cm³/mol. The van der Waals surface area contributed by atoms with Gasteiger partial charge < -0.3 is 10.2 Å². The molecule has 1 unspecified atom stereocenters. The minimum Gasteiger partial charge on any atom is -0.355 e. The molecule has 2 aromatic heterocycles. The summed E-state index contributed by atoms with van der Waals surface area (Å²) in [5.41, 5.74) is 4.59. The first-order chi connectivity index (χ1) is 19.2. The van der Waals surface area contributed by atoms with Gasteiger partial charge in [-0.3, -0.25) is 14.4 Å². The Morgan fingerprint density at radius 3 is 2.45 bits per heavy atom. The number of aromatic nitrogens is 4. The van der Waals surface area contributed by atoms with Crippen LogP contribution in [-0.2, 0) is 13.0 Å². The van der Waals surface area contributed by atoms with Gasteiger partial charge in [0.2, 0.25) is 5.95 Å². The van der Waals surface area contributed by atoms with Crippen molar-refractivity contribution in [2.75, 3.05) is 7.05 Å². The Morgan fingerprint density at radius 2 is 1.77 bits per heavy atom. The Morgan fingerprint density at radius 1 is 1.05 bits per heavy atom. The highest BCUT2D eigenvalue weighted by Gasteiger charge is 2.33. The van der Waals surface area contributed by atoms with E-state index in [1.165, 1.54) is 0 Å². The molecule has 0 spiro atoms. The van der Waals surface area contributed by atoms with Crippen LogP contribution in [0.15, 0.2) is 64.0 Å². The molecule has 0 radical (unpaired) electrons. The van der Waals surface area contributed by atoms with E-state index in [1.54, 1.807) is 45.5 Å². The van der Waals surface area contributed by atoms with E-state index in [9.17, 15) is 14.4 Å². The summed E-state index contributed by atoms with van der Waals surface area (Å²) in [4.78, 5) is 46.5. The van der Waals surface area contributed by atoms with Crippen molar-refractivity contribution in [2.45, 2.75) is 51.6 Å². The number of nitrogens with one attached hydrogen (secondary N) is 1. The van der Waals surface area contributed by atoms with Crippen LogP contribution in [0.25, 0.3) is 11.6 Å². The summed E-state index contributed by atoms with van der Waals surface area (Å²) in [5.74, 6) is 0.489. The molecular formula is C30H29BrN6O3. The van der Waals surface area contributed by atoms with Crippen molar-refractivity contribution in [2.24, 2.45) is 0 Å². The molecule has 40 heavy (non-hydrogen) atoms. The van der Waals surface area contributed by atoms with Crippen LogP contribution in [0.2, 0.25) is 0 Å². The van der Waals surface area contributed by atoms with Crippen molar-refractivity contribution in [1.29, 1.82) is 0 Å². The largest absolute Gasteiger partial charge is 0.355 e. The Labute approximate surface area is 240 Å². The number of rotatable bonds is 5. The lowest BCUT2D eigenvalue weighted by molar-refractivity contribution is 0.0652. The Kier molecular flexibility index (Phi) is 6.66. The topological polar surface area (TPSA) is 102 Å². The normalized spacial score (nSPS) is 16.5. The number of nitrogens with zero attached hydrogens (tertiary/aromatic N) is 5. The fourth-order valence-electron chi connectivity index (χ4n) is 5.20. The zero-order valence-electron chi connectivity index (χ0n) is 22.5. The first kappa shape index (κ1) is 26.2. The third kappa shape index (κ3) is 4.66. The number of aryl methyl sites for hydroxylation is 1. The third-order valence-electron chi connectivity index (χ3n) is 7.69. The second-order valence-corrected chi connectivity index (χ2v) is 11.4. The van der Waals surface area contributed by atoms with Gasteiger partial charge in [-0.25, -0.2) is 14.2 Å². The van der Waals surface area contributed by atoms with Gasteiger partial charge in [-0.2, -0.15) is 5.10 Å². The Hall–Kier alpha value is -4.05. The molecule has 0 saturated heterocycles. The monoisotopic (exact) mass is 600 g/mol. The van der Waals surface area contributed by atoms with E-state index >= 15 is 0 Å². The standard InChI is InChI=1S/C30H29BrN6O3/c1-17-14-21(8-11-24(17)31)28(39)35-16-26-23(15-18(35)2)29(40)37(22-9-6-20(7-10-22)27(38)32-3)30(33-26)36-13-12-25(34-36)19-4-5-19/h6-14,18-19H,4-5,15-16H2,1-3H3,(H,32,38). The zero-order chi connectivity index (χ0) is 28.1. The first-order valence-electron chi connectivity index (χ1n) is 13.4. The SMILES string of the molecule is CNC(=O)c1ccc(-n2c(-n3ccc(C4CC4)n3)nc3c(c2=O)CC(C)N(C(=O)c2ccc(Br)c(C)c2)C3)cc1. The second-order valence-electron chi connectivity index (χ2n) is 10.5. The number of fused-ring (bicyclic) bond motifs is 1. The number of halogens is 1. The number of carbonyl (C=O) groups is 2. The van der Waals surface area contributed by atoms with Gasteiger partial charge in [0.25, 0.3) is 17.4 Å². The van der Waals surface area contributed by atoms with Gasteiger partial charge in [0.15, 0.2) is 0 Å². The molecule has 4 aromatic rings. The molecule has 1 aliphatic carbocycles. The summed E-state index contributed by atoms with van der Waals surface area (Å²) >= 11 is 3.50. The summed E-state index contributed by atoms with van der Waals surface area (Å²) in [5, 5.41) is 7.37. The van der Waals surface area contributed by atoms with Gasteiger partial charge in [0.05, 0.1) is 23.6 Å². The smallest absolute Gasteiger partial charge is 0.263 e. The zero-order valence-corrected chi connectivity index (χ0v) is 24.1. The molecule has 9 nitrogen and oxygen atoms in total. The number of benzene rings is 2. The molecule has 3 heterocycles. The molecule has 2 amide bonds. The van der Waals surface area contributed by atoms with Gasteiger partial charge in [-0.1, -0.05) is 15.9 Å². The quantitative estimate of drug-likeness (QED) is 0.368. The van der Waals surface area contributed by atoms with E-state index < -0.39 is 0 Å². The highest BCUT2D eigenvalue weighted by Crippen LogP contribution is 2.39. The second kappa shape index (κ2) is 10.2. The van der Waals surface area contributed by atoms with Crippen LogP contribution in [0, 0.1) is 6.92 Å². The highest BCUT2D eigenvalue weighted by molar-refractivity contribution is 9.10. The summed E-state index contributed by atoms with van der Waals surface area (Å²) in [6, 6.07) is 14.2. The van der Waals surface area contributed by atoms with E-state index in [4.69, 9.17) is 10.1 Å². The van der Waals surface area contributed by atoms with Crippen molar-refractivity contribution in [3.05, 3.63) is 103 Å². The molecule has 10 heteroatoms. The summed E-state index contributed by atoms with van der Waals surface area (Å²) in [6.45, 7) is 4.13. The van der Waals surface area contributed by atoms with Crippen LogP contribution in [0.4, 0.5) is 0 Å². The maximum atomic E-state index is 14.1. The molecule has 0 bridgehead atoms. The van der Waals surface area contributed by atoms with E-state index in [2.05, 4.69) is 21.2 Å². The number of carbonyl (C=O) groups excluding carboxylic acids is 2. The highest BCUT2D eigenvalue weighted by atomic mass is 79.9. The summed E-state index contributed by atoms with van der Waals surface area (Å²) in [7, 11) is 1.58. The van der Waals surface area contributed by atoms with Gasteiger partial charge in [0.1, 0.15) is 0 Å². The average molecular weight is 602 g/mol. The fraction of sp³-hybridized carbons (Fsp3) is 0.300. The molecule has 1 saturated carbocycles. The minimum atomic E-state index is -0.205. The molecule has 1 fully saturated rings. The maximum Gasteiger partial charge on any atom is 0.263 e. The van der Waals surface area contributed by atoms with E-state index in [1.807, 2.05) is 44.3 Å². The van der Waals surface area contributed by atoms with Crippen molar-refractivity contribution >= 4 is 27.7 Å². The van der Waals surface area contributed by atoms with Crippen molar-refractivity contribution in [3.8, 4) is 11.6 Å². The van der Waals surface area contributed by atoms with E-state index in [0.29, 0.717) is 46.4 Å². The lowest BCUT2D eigenvalue weighted by Crippen LogP contribution is -2.46. The minimum absolute atomic E-state index is 0.0961. The molecule has 2 aliphatic rings. The van der Waals surface area contributed by atoms with Crippen LogP contribution >= 0.6 is 15.9 Å². The Bertz CT molecular complexity index is 1700. The molecular weight excluding hydrogens is 572 g/mol. The van der Waals surface area contributed by atoms with E-state index in [0.717, 1.165) is 28.6 Å². The molecule has 1 N–H and O–H groups in total. The molecule has 1 atom stereocenters. The molecule has 2 aromatic carbocycles. The molecule has 1 aliphatic heterocycles. The number of amides is 2. The number of hydrogen-bond donors (Lipinski definition) is 1. The lowest BCUT2D eigenvalue weighted by atomic mass is 9.98. The molecule has 6 rings (SSSR count). The number of hydrogen-bond acceptors (Lipinski definition) is 5. The van der Waals surface area contributed by atoms with Crippen LogP contribution in [0.1, 0.15) is 68.9 Å². The maximum absolute atomic E-state index is 14.1. The predicted octanol–water partition coefficient (Wildman–Crippen LogP) is 4.31. The fourth-order valence-corrected chi connectivity index (χ4v) is 5.45. The molecule has 204 valence electrons. The Balaban J connectivity index is 1.45. The van der Waals surface area contributed by atoms with Gasteiger partial charge in [-0.15, -0.1) is 0 Å². The van der Waals surface area contributed by atoms with Crippen LogP contribution < -0.4 is 10.9 Å². The summed E-state index contributed by atoms with van der Waals surface area (Å²) in [6.07, 6.45) is 4.42. The van der Waals surface area contributed by atoms with E-state index in [-0.39, 0.29) is 30.0 Å². The van der Waals surface area contributed by atoms with Crippen LogP contribution in [-0.4, -0.2) is 49.1 Å². The third-order valence-corrected chi connectivity index (χ3v) is 8.58. The van der Waals surface area contributed by atoms with Gasteiger partial charge in [-0.05, 0) is 87.2 Å². The van der Waals surface area contributed by atoms with Crippen molar-refractivity contribution < 1.29 is 9.59 Å². The summed E-state index contributed by atoms with van der Waals surface area (Å²) < 4.78 is 4.14. The first-order valence-corrected chi connectivity index (χ1v) is 14.1. The lowest BCUT2D eigenvalue weighted by Gasteiger charge is -2.34.